The molecule has 0 aliphatic rings. The normalized spacial score (nSPS) is 11.1. The first kappa shape index (κ1) is 16.5. The molecular formula is C18H14BrN5O2. The number of amides is 1. The van der Waals surface area contributed by atoms with Gasteiger partial charge in [-0.05, 0) is 40.2 Å². The molecule has 0 fully saturated rings. The number of imidazole rings is 1. The second-order valence-corrected chi connectivity index (χ2v) is 6.72. The minimum absolute atomic E-state index is 0.0275. The molecular weight excluding hydrogens is 398 g/mol. The van der Waals surface area contributed by atoms with Crippen LogP contribution in [-0.4, -0.2) is 25.1 Å². The van der Waals surface area contributed by atoms with Crippen LogP contribution in [0.15, 0.2) is 64.3 Å². The van der Waals surface area contributed by atoms with Crippen LogP contribution in [0.25, 0.3) is 16.6 Å². The predicted octanol–water partition coefficient (Wildman–Crippen LogP) is 2.12. The van der Waals surface area contributed by atoms with Gasteiger partial charge in [0.1, 0.15) is 12.2 Å². The van der Waals surface area contributed by atoms with Crippen molar-refractivity contribution in [3.8, 4) is 0 Å². The third kappa shape index (κ3) is 3.23. The number of aromatic nitrogens is 4. The van der Waals surface area contributed by atoms with Crippen molar-refractivity contribution in [2.45, 2.75) is 13.1 Å². The summed E-state index contributed by atoms with van der Waals surface area (Å²) in [5.41, 5.74) is 2.04. The standard InChI is InChI=1S/C18H14BrN5O2/c19-12-5-6-17-22-13(10-23(17)9-12)7-20-18(26)11-24-15-4-2-1-3-14(15)16(25)8-21-24/h1-6,8-10H,7,11H2,(H,20,26). The molecule has 0 saturated heterocycles. The van der Waals surface area contributed by atoms with E-state index in [9.17, 15) is 9.59 Å². The number of nitrogens with one attached hydrogen (secondary N) is 1. The van der Waals surface area contributed by atoms with E-state index in [0.717, 1.165) is 15.8 Å². The quantitative estimate of drug-likeness (QED) is 0.557. The zero-order valence-electron chi connectivity index (χ0n) is 13.6. The van der Waals surface area contributed by atoms with E-state index in [2.05, 4.69) is 31.3 Å². The molecule has 7 nitrogen and oxygen atoms in total. The number of rotatable bonds is 4. The molecule has 0 aliphatic heterocycles. The zero-order valence-corrected chi connectivity index (χ0v) is 15.2. The van der Waals surface area contributed by atoms with E-state index >= 15 is 0 Å². The lowest BCUT2D eigenvalue weighted by Crippen LogP contribution is -2.28. The fraction of sp³-hybridized carbons (Fsp3) is 0.111. The first-order chi connectivity index (χ1) is 12.6. The predicted molar refractivity (Wildman–Crippen MR) is 101 cm³/mol. The minimum Gasteiger partial charge on any atom is -0.349 e. The highest BCUT2D eigenvalue weighted by molar-refractivity contribution is 9.10. The van der Waals surface area contributed by atoms with Crippen LogP contribution in [0.2, 0.25) is 0 Å². The smallest absolute Gasteiger partial charge is 0.242 e. The highest BCUT2D eigenvalue weighted by Gasteiger charge is 2.09. The zero-order chi connectivity index (χ0) is 18.1. The lowest BCUT2D eigenvalue weighted by atomic mass is 10.2. The number of para-hydroxylation sites is 1. The first-order valence-corrected chi connectivity index (χ1v) is 8.74. The van der Waals surface area contributed by atoms with Gasteiger partial charge in [0, 0.05) is 22.3 Å². The molecule has 0 spiro atoms. The third-order valence-electron chi connectivity index (χ3n) is 3.99. The molecule has 4 aromatic rings. The Bertz CT molecular complexity index is 1180. The van der Waals surface area contributed by atoms with Crippen molar-refractivity contribution in [1.29, 1.82) is 0 Å². The van der Waals surface area contributed by atoms with Gasteiger partial charge in [-0.3, -0.25) is 14.3 Å². The van der Waals surface area contributed by atoms with E-state index in [1.165, 1.54) is 10.9 Å². The van der Waals surface area contributed by atoms with Crippen molar-refractivity contribution in [1.82, 2.24) is 24.5 Å². The van der Waals surface area contributed by atoms with Crippen LogP contribution in [-0.2, 0) is 17.9 Å². The maximum Gasteiger partial charge on any atom is 0.242 e. The monoisotopic (exact) mass is 411 g/mol. The lowest BCUT2D eigenvalue weighted by molar-refractivity contribution is -0.121. The summed E-state index contributed by atoms with van der Waals surface area (Å²) < 4.78 is 4.36. The molecule has 0 unspecified atom stereocenters. The highest BCUT2D eigenvalue weighted by Crippen LogP contribution is 2.12. The number of nitrogens with zero attached hydrogens (tertiary/aromatic N) is 4. The van der Waals surface area contributed by atoms with Crippen LogP contribution in [0, 0.1) is 0 Å². The van der Waals surface area contributed by atoms with Crippen molar-refractivity contribution in [3.05, 3.63) is 75.4 Å². The second-order valence-electron chi connectivity index (χ2n) is 5.81. The number of carbonyl (C=O) groups excluding carboxylic acids is 1. The summed E-state index contributed by atoms with van der Waals surface area (Å²) in [5.74, 6) is -0.204. The van der Waals surface area contributed by atoms with Gasteiger partial charge in [0.2, 0.25) is 11.3 Å². The number of benzene rings is 1. The maximum absolute atomic E-state index is 12.3. The van der Waals surface area contributed by atoms with E-state index in [0.29, 0.717) is 17.4 Å². The Labute approximate surface area is 156 Å². The van der Waals surface area contributed by atoms with Crippen LogP contribution >= 0.6 is 15.9 Å². The number of carbonyl (C=O) groups is 1. The summed E-state index contributed by atoms with van der Waals surface area (Å²) in [5, 5.41) is 7.44. The molecule has 8 heteroatoms. The summed E-state index contributed by atoms with van der Waals surface area (Å²) in [6.45, 7) is 0.343. The summed E-state index contributed by atoms with van der Waals surface area (Å²) in [7, 11) is 0. The molecule has 26 heavy (non-hydrogen) atoms. The van der Waals surface area contributed by atoms with E-state index in [1.807, 2.05) is 35.0 Å². The van der Waals surface area contributed by atoms with Gasteiger partial charge in [-0.25, -0.2) is 4.98 Å². The Morgan fingerprint density at radius 1 is 1.15 bits per heavy atom. The largest absolute Gasteiger partial charge is 0.349 e. The molecule has 0 atom stereocenters. The van der Waals surface area contributed by atoms with Gasteiger partial charge in [-0.15, -0.1) is 0 Å². The van der Waals surface area contributed by atoms with Gasteiger partial charge in [0.05, 0.1) is 24.0 Å². The first-order valence-electron chi connectivity index (χ1n) is 7.95. The molecule has 0 aliphatic carbocycles. The van der Waals surface area contributed by atoms with Crippen LogP contribution in [0.1, 0.15) is 5.69 Å². The van der Waals surface area contributed by atoms with Crippen molar-refractivity contribution in [2.24, 2.45) is 0 Å². The average Bonchev–Trinajstić information content (AvgIpc) is 3.04. The molecule has 4 rings (SSSR count). The van der Waals surface area contributed by atoms with Gasteiger partial charge in [0.25, 0.3) is 0 Å². The molecule has 0 saturated carbocycles. The average molecular weight is 412 g/mol. The Morgan fingerprint density at radius 3 is 2.88 bits per heavy atom. The van der Waals surface area contributed by atoms with E-state index in [1.54, 1.807) is 18.2 Å². The van der Waals surface area contributed by atoms with E-state index in [-0.39, 0.29) is 17.9 Å². The van der Waals surface area contributed by atoms with Gasteiger partial charge in [0.15, 0.2) is 0 Å². The van der Waals surface area contributed by atoms with Crippen molar-refractivity contribution in [3.63, 3.8) is 0 Å². The lowest BCUT2D eigenvalue weighted by Gasteiger charge is -2.09. The SMILES string of the molecule is O=C(Cn1ncc(=O)c2ccccc21)NCc1cn2cc(Br)ccc2n1. The topological polar surface area (TPSA) is 81.3 Å². The van der Waals surface area contributed by atoms with Crippen LogP contribution in [0.4, 0.5) is 0 Å². The number of hydrogen-bond acceptors (Lipinski definition) is 4. The van der Waals surface area contributed by atoms with E-state index < -0.39 is 0 Å². The second kappa shape index (κ2) is 6.72. The van der Waals surface area contributed by atoms with Gasteiger partial charge in [-0.2, -0.15) is 5.10 Å². The van der Waals surface area contributed by atoms with Gasteiger partial charge >= 0.3 is 0 Å². The molecule has 1 amide bonds. The van der Waals surface area contributed by atoms with Crippen molar-refractivity contribution >= 4 is 38.4 Å². The van der Waals surface area contributed by atoms with E-state index in [4.69, 9.17) is 0 Å². The van der Waals surface area contributed by atoms with Gasteiger partial charge < -0.3 is 9.72 Å². The Kier molecular flexibility index (Phi) is 4.26. The Morgan fingerprint density at radius 2 is 2.00 bits per heavy atom. The molecule has 3 heterocycles. The fourth-order valence-electron chi connectivity index (χ4n) is 2.77. The fourth-order valence-corrected chi connectivity index (χ4v) is 3.12. The molecule has 1 aromatic carbocycles. The Hall–Kier alpha value is -3.00. The maximum atomic E-state index is 12.3. The molecule has 1 N–H and O–H groups in total. The summed E-state index contributed by atoms with van der Waals surface area (Å²) in [4.78, 5) is 28.6. The number of halogens is 1. The minimum atomic E-state index is -0.204. The molecule has 0 bridgehead atoms. The van der Waals surface area contributed by atoms with Crippen molar-refractivity contribution in [2.75, 3.05) is 0 Å². The molecule has 0 radical (unpaired) electrons. The van der Waals surface area contributed by atoms with Crippen LogP contribution in [0.3, 0.4) is 0 Å². The summed E-state index contributed by atoms with van der Waals surface area (Å²) >= 11 is 3.42. The molecule has 3 aromatic heterocycles. The van der Waals surface area contributed by atoms with Crippen LogP contribution < -0.4 is 10.7 Å². The van der Waals surface area contributed by atoms with Crippen LogP contribution in [0.5, 0.6) is 0 Å². The molecule has 130 valence electrons. The Balaban J connectivity index is 1.49. The summed E-state index contributed by atoms with van der Waals surface area (Å²) in [6.07, 6.45) is 5.01. The number of hydrogen-bond donors (Lipinski definition) is 1. The highest BCUT2D eigenvalue weighted by atomic mass is 79.9. The van der Waals surface area contributed by atoms with Gasteiger partial charge in [-0.1, -0.05) is 12.1 Å². The third-order valence-corrected chi connectivity index (χ3v) is 4.46. The van der Waals surface area contributed by atoms with Crippen molar-refractivity contribution < 1.29 is 4.79 Å². The number of fused-ring (bicyclic) bond motifs is 2. The summed E-state index contributed by atoms with van der Waals surface area (Å²) in [6, 6.07) is 10.9. The number of pyridine rings is 1.